The summed E-state index contributed by atoms with van der Waals surface area (Å²) in [7, 11) is -3.10. The van der Waals surface area contributed by atoms with Crippen molar-refractivity contribution in [2.45, 2.75) is 36.3 Å². The second-order valence-corrected chi connectivity index (χ2v) is 12.6. The van der Waals surface area contributed by atoms with E-state index in [0.29, 0.717) is 6.42 Å². The molecule has 0 bridgehead atoms. The first kappa shape index (κ1) is 21.9. The molecule has 1 aliphatic carbocycles. The molecule has 1 aliphatic heterocycles. The molecule has 1 heterocycles. The van der Waals surface area contributed by atoms with E-state index < -0.39 is 19.8 Å². The molecule has 1 saturated heterocycles. The minimum absolute atomic E-state index is 0.0533. The molecule has 0 aromatic carbocycles. The van der Waals surface area contributed by atoms with Crippen molar-refractivity contribution in [3.05, 3.63) is 10.6 Å². The highest BCUT2D eigenvalue weighted by Gasteiger charge is 2.61. The Labute approximate surface area is 172 Å². The number of amides is 1. The number of sulfone groups is 1. The van der Waals surface area contributed by atoms with Crippen LogP contribution in [0.1, 0.15) is 20.3 Å². The van der Waals surface area contributed by atoms with Crippen LogP contribution in [0, 0.1) is 17.3 Å². The minimum atomic E-state index is -3.10. The predicted octanol–water partition coefficient (Wildman–Crippen LogP) is 3.17. The van der Waals surface area contributed by atoms with Gasteiger partial charge in [0.25, 0.3) is 0 Å². The van der Waals surface area contributed by atoms with Gasteiger partial charge in [0.05, 0.1) is 17.4 Å². The smallest absolute Gasteiger partial charge is 0.225 e. The quantitative estimate of drug-likeness (QED) is 0.476. The number of alkyl halides is 3. The molecule has 0 radical (unpaired) electrons. The van der Waals surface area contributed by atoms with Gasteiger partial charge < -0.3 is 5.32 Å². The van der Waals surface area contributed by atoms with Gasteiger partial charge in [0.1, 0.15) is 10.7 Å². The zero-order valence-electron chi connectivity index (χ0n) is 13.5. The summed E-state index contributed by atoms with van der Waals surface area (Å²) in [5.41, 5.74) is -0.325. The lowest BCUT2D eigenvalue weighted by molar-refractivity contribution is -0.124. The molecule has 1 saturated carbocycles. The molecule has 0 unspecified atom stereocenters. The van der Waals surface area contributed by atoms with E-state index in [0.717, 1.165) is 0 Å². The van der Waals surface area contributed by atoms with E-state index in [1.165, 1.54) is 0 Å². The van der Waals surface area contributed by atoms with Gasteiger partial charge in [0.2, 0.25) is 9.70 Å². The Bertz CT molecular complexity index is 670. The van der Waals surface area contributed by atoms with Crippen molar-refractivity contribution in [3.63, 3.8) is 0 Å². The zero-order chi connectivity index (χ0) is 19.2. The van der Waals surface area contributed by atoms with Crippen LogP contribution in [0.3, 0.4) is 0 Å². The van der Waals surface area contributed by atoms with Gasteiger partial charge >= 0.3 is 0 Å². The molecule has 5 nitrogen and oxygen atoms in total. The lowest BCUT2D eigenvalue weighted by Crippen LogP contribution is -2.57. The van der Waals surface area contributed by atoms with E-state index in [1.807, 2.05) is 13.8 Å². The molecule has 0 aromatic heterocycles. The zero-order valence-corrected chi connectivity index (χ0v) is 18.1. The summed E-state index contributed by atoms with van der Waals surface area (Å²) in [5, 5.41) is 5.61. The molecule has 11 heteroatoms. The summed E-state index contributed by atoms with van der Waals surface area (Å²) < 4.78 is 21.4. The van der Waals surface area contributed by atoms with Crippen molar-refractivity contribution >= 4 is 73.7 Å². The van der Waals surface area contributed by atoms with Crippen molar-refractivity contribution in [2.75, 3.05) is 11.5 Å². The Morgan fingerprint density at radius 2 is 1.88 bits per heavy atom. The highest BCUT2D eigenvalue weighted by molar-refractivity contribution is 7.91. The molecule has 2 N–H and O–H groups in total. The van der Waals surface area contributed by atoms with Crippen molar-refractivity contribution in [1.82, 2.24) is 10.6 Å². The van der Waals surface area contributed by atoms with Crippen LogP contribution in [0.4, 0.5) is 0 Å². The Hall–Kier alpha value is 0.570. The summed E-state index contributed by atoms with van der Waals surface area (Å²) in [6.07, 6.45) is 1.00. The first-order chi connectivity index (χ1) is 11.2. The van der Waals surface area contributed by atoms with Crippen LogP contribution >= 0.6 is 58.0 Å². The SMILES string of the molecule is CC1(C)[C@H](C(=O)N[C@H](N[C@@H]2CCS(=O)(=O)C2)C(Cl)(Cl)Cl)[C@@H]1C=C(Cl)Cl. The van der Waals surface area contributed by atoms with Crippen molar-refractivity contribution < 1.29 is 13.2 Å². The minimum Gasteiger partial charge on any atom is -0.336 e. The summed E-state index contributed by atoms with van der Waals surface area (Å²) in [6, 6.07) is -0.383. The monoisotopic (exact) mass is 470 g/mol. The lowest BCUT2D eigenvalue weighted by atomic mass is 10.1. The summed E-state index contributed by atoms with van der Waals surface area (Å²) in [4.78, 5) is 12.6. The van der Waals surface area contributed by atoms with Gasteiger partial charge in [0.15, 0.2) is 9.84 Å². The van der Waals surface area contributed by atoms with Crippen LogP contribution in [0.15, 0.2) is 10.6 Å². The highest BCUT2D eigenvalue weighted by Crippen LogP contribution is 2.59. The molecule has 144 valence electrons. The highest BCUT2D eigenvalue weighted by atomic mass is 35.6. The number of carbonyl (C=O) groups is 1. The average molecular weight is 473 g/mol. The largest absolute Gasteiger partial charge is 0.336 e. The Kier molecular flexibility index (Phi) is 6.59. The number of allylic oxidation sites excluding steroid dienone is 1. The average Bonchev–Trinajstić information content (AvgIpc) is 2.75. The summed E-state index contributed by atoms with van der Waals surface area (Å²) >= 11 is 29.3. The molecule has 25 heavy (non-hydrogen) atoms. The molecule has 0 aromatic rings. The summed E-state index contributed by atoms with van der Waals surface area (Å²) in [5.74, 6) is -0.792. The number of nitrogens with one attached hydrogen (secondary N) is 2. The number of rotatable bonds is 5. The van der Waals surface area contributed by atoms with Gasteiger partial charge in [-0.2, -0.15) is 0 Å². The fourth-order valence-electron chi connectivity index (χ4n) is 3.24. The molecule has 2 rings (SSSR count). The van der Waals surface area contributed by atoms with E-state index in [9.17, 15) is 13.2 Å². The van der Waals surface area contributed by atoms with Gasteiger partial charge in [-0.15, -0.1) is 0 Å². The Morgan fingerprint density at radius 1 is 1.28 bits per heavy atom. The maximum absolute atomic E-state index is 12.6. The molecule has 1 amide bonds. The van der Waals surface area contributed by atoms with Crippen molar-refractivity contribution in [2.24, 2.45) is 17.3 Å². The topological polar surface area (TPSA) is 75.3 Å². The van der Waals surface area contributed by atoms with Gasteiger partial charge in [0, 0.05) is 6.04 Å². The third-order valence-electron chi connectivity index (χ3n) is 4.75. The van der Waals surface area contributed by atoms with Crippen LogP contribution in [0.25, 0.3) is 0 Å². The second-order valence-electron chi connectivity index (χ2n) is 7.03. The van der Waals surface area contributed by atoms with E-state index in [2.05, 4.69) is 10.6 Å². The Balaban J connectivity index is 2.06. The van der Waals surface area contributed by atoms with E-state index in [-0.39, 0.29) is 45.2 Å². The van der Waals surface area contributed by atoms with Crippen LogP contribution in [-0.4, -0.2) is 41.8 Å². The molecule has 0 spiro atoms. The van der Waals surface area contributed by atoms with Gasteiger partial charge in [-0.1, -0.05) is 71.9 Å². The summed E-state index contributed by atoms with van der Waals surface area (Å²) in [6.45, 7) is 3.83. The predicted molar refractivity (Wildman–Crippen MR) is 103 cm³/mol. The standard InChI is InChI=1S/C14H19Cl5N2O3S/c1-13(2)8(5-9(15)16)10(13)11(22)21-12(14(17,18)19)20-7-3-4-25(23,24)6-7/h5,7-8,10,12,20H,3-4,6H2,1-2H3,(H,21,22)/t7-,8+,10+,12+/m1/s1. The Morgan fingerprint density at radius 3 is 2.32 bits per heavy atom. The normalized spacial score (nSPS) is 31.2. The molecule has 2 aliphatic rings. The third kappa shape index (κ3) is 5.53. The molecular formula is C14H19Cl5N2O3S. The first-order valence-electron chi connectivity index (χ1n) is 7.60. The number of hydrogen-bond acceptors (Lipinski definition) is 4. The van der Waals surface area contributed by atoms with Gasteiger partial charge in [-0.25, -0.2) is 8.42 Å². The fourth-order valence-corrected chi connectivity index (χ4v) is 5.55. The van der Waals surface area contributed by atoms with E-state index in [1.54, 1.807) is 6.08 Å². The van der Waals surface area contributed by atoms with Crippen molar-refractivity contribution in [1.29, 1.82) is 0 Å². The number of hydrogen-bond donors (Lipinski definition) is 2. The number of carbonyl (C=O) groups excluding carboxylic acids is 1. The van der Waals surface area contributed by atoms with E-state index in [4.69, 9.17) is 58.0 Å². The van der Waals surface area contributed by atoms with Crippen LogP contribution < -0.4 is 10.6 Å². The molecule has 4 atom stereocenters. The molecular weight excluding hydrogens is 453 g/mol. The lowest BCUT2D eigenvalue weighted by Gasteiger charge is -2.29. The molecule has 2 fully saturated rings. The van der Waals surface area contributed by atoms with E-state index >= 15 is 0 Å². The second kappa shape index (κ2) is 7.53. The fraction of sp³-hybridized carbons (Fsp3) is 0.786. The number of halogens is 5. The maximum atomic E-state index is 12.6. The van der Waals surface area contributed by atoms with Gasteiger partial charge in [-0.3, -0.25) is 10.1 Å². The van der Waals surface area contributed by atoms with Gasteiger partial charge in [-0.05, 0) is 23.8 Å². The van der Waals surface area contributed by atoms with Crippen molar-refractivity contribution in [3.8, 4) is 0 Å². The third-order valence-corrected chi connectivity index (χ3v) is 7.42. The van der Waals surface area contributed by atoms with Crippen LogP contribution in [0.2, 0.25) is 0 Å². The van der Waals surface area contributed by atoms with Crippen LogP contribution in [-0.2, 0) is 14.6 Å². The first-order valence-corrected chi connectivity index (χ1v) is 11.3. The van der Waals surface area contributed by atoms with Crippen LogP contribution in [0.5, 0.6) is 0 Å². The maximum Gasteiger partial charge on any atom is 0.225 e.